The molecule has 0 spiro atoms. The first-order valence-electron chi connectivity index (χ1n) is 12.6. The third kappa shape index (κ3) is 3.07. The van der Waals surface area contributed by atoms with Gasteiger partial charge in [-0.3, -0.25) is 10.2 Å². The van der Waals surface area contributed by atoms with Crippen LogP contribution in [0.25, 0.3) is 0 Å². The van der Waals surface area contributed by atoms with Crippen LogP contribution in [-0.4, -0.2) is 53.9 Å². The predicted octanol–water partition coefficient (Wildman–Crippen LogP) is 4.56. The Labute approximate surface area is 190 Å². The third-order valence-corrected chi connectivity index (χ3v) is 11.4. The standard InChI is InChI=1S/C25H38N4OS/c1-24-11-9-20-22(31-23(26-20)27-29-14-12-28(3)13-15-29)19(24)5-4-16-17-6-7-21(30)25(17,2)10-8-18(16)24/h16-19H,4-15H2,1-3H3,(H,26,27)/t16-,17-,18-,19?,24+,25-/m0/s1. The summed E-state index contributed by atoms with van der Waals surface area (Å²) in [5.74, 6) is 3.44. The van der Waals surface area contributed by atoms with Crippen LogP contribution in [0.4, 0.5) is 5.13 Å². The van der Waals surface area contributed by atoms with Crippen LogP contribution in [0.15, 0.2) is 0 Å². The average Bonchev–Trinajstić information content (AvgIpc) is 3.29. The van der Waals surface area contributed by atoms with E-state index in [9.17, 15) is 4.79 Å². The molecule has 1 saturated heterocycles. The predicted molar refractivity (Wildman–Crippen MR) is 125 cm³/mol. The van der Waals surface area contributed by atoms with Crippen molar-refractivity contribution in [1.82, 2.24) is 14.9 Å². The molecule has 4 aliphatic carbocycles. The number of carbonyl (C=O) groups is 1. The zero-order valence-corrected chi connectivity index (χ0v) is 20.3. The van der Waals surface area contributed by atoms with Crippen molar-refractivity contribution in [3.05, 3.63) is 10.6 Å². The molecule has 2 heterocycles. The molecule has 0 radical (unpaired) electrons. The normalized spacial score (nSPS) is 43.1. The maximum absolute atomic E-state index is 12.7. The average molecular weight is 443 g/mol. The number of aryl methyl sites for hydroxylation is 1. The molecular weight excluding hydrogens is 404 g/mol. The number of Topliss-reactive ketones (excluding diaryl/α,β-unsaturated/α-hetero) is 1. The van der Waals surface area contributed by atoms with Gasteiger partial charge < -0.3 is 4.90 Å². The van der Waals surface area contributed by atoms with E-state index in [1.807, 2.05) is 11.3 Å². The lowest BCUT2D eigenvalue weighted by Crippen LogP contribution is -2.52. The van der Waals surface area contributed by atoms with Crippen molar-refractivity contribution >= 4 is 22.3 Å². The first-order valence-corrected chi connectivity index (χ1v) is 13.4. The zero-order valence-electron chi connectivity index (χ0n) is 19.5. The van der Waals surface area contributed by atoms with Crippen LogP contribution < -0.4 is 5.43 Å². The highest BCUT2D eigenvalue weighted by Crippen LogP contribution is 2.67. The number of anilines is 1. The number of piperazine rings is 1. The largest absolute Gasteiger partial charge is 0.304 e. The number of nitrogens with one attached hydrogen (secondary N) is 1. The number of thiazole rings is 1. The van der Waals surface area contributed by atoms with Crippen molar-refractivity contribution in [3.8, 4) is 0 Å². The monoisotopic (exact) mass is 442 g/mol. The van der Waals surface area contributed by atoms with E-state index >= 15 is 0 Å². The lowest BCUT2D eigenvalue weighted by Gasteiger charge is -2.59. The van der Waals surface area contributed by atoms with Gasteiger partial charge in [0.1, 0.15) is 5.78 Å². The number of hydrazine groups is 1. The second-order valence-corrected chi connectivity index (χ2v) is 12.7. The summed E-state index contributed by atoms with van der Waals surface area (Å²) in [6.45, 7) is 9.25. The van der Waals surface area contributed by atoms with Crippen molar-refractivity contribution in [2.75, 3.05) is 38.7 Å². The van der Waals surface area contributed by atoms with Crippen LogP contribution in [0.3, 0.4) is 0 Å². The van der Waals surface area contributed by atoms with Crippen LogP contribution in [0, 0.1) is 28.6 Å². The highest BCUT2D eigenvalue weighted by atomic mass is 32.1. The number of fused-ring (bicyclic) bond motifs is 7. The Morgan fingerprint density at radius 1 is 1.00 bits per heavy atom. The first kappa shape index (κ1) is 20.6. The number of nitrogens with zero attached hydrogens (tertiary/aromatic N) is 3. The van der Waals surface area contributed by atoms with Gasteiger partial charge in [0.05, 0.1) is 5.69 Å². The zero-order chi connectivity index (χ0) is 21.4. The Balaban J connectivity index is 1.24. The van der Waals surface area contributed by atoms with Gasteiger partial charge in [-0.05, 0) is 75.2 Å². The second kappa shape index (κ2) is 7.26. The van der Waals surface area contributed by atoms with Crippen LogP contribution in [0.1, 0.15) is 75.3 Å². The van der Waals surface area contributed by atoms with E-state index in [-0.39, 0.29) is 5.41 Å². The summed E-state index contributed by atoms with van der Waals surface area (Å²) >= 11 is 1.94. The first-order chi connectivity index (χ1) is 14.9. The van der Waals surface area contributed by atoms with E-state index < -0.39 is 0 Å². The van der Waals surface area contributed by atoms with E-state index in [2.05, 4.69) is 36.2 Å². The molecule has 6 heteroatoms. The van der Waals surface area contributed by atoms with E-state index in [1.54, 1.807) is 4.88 Å². The third-order valence-electron chi connectivity index (χ3n) is 10.3. The summed E-state index contributed by atoms with van der Waals surface area (Å²) in [7, 11) is 2.20. The Hall–Kier alpha value is -0.980. The summed E-state index contributed by atoms with van der Waals surface area (Å²) in [4.78, 5) is 21.7. The highest BCUT2D eigenvalue weighted by molar-refractivity contribution is 7.15. The van der Waals surface area contributed by atoms with E-state index in [4.69, 9.17) is 4.98 Å². The van der Waals surface area contributed by atoms with Gasteiger partial charge in [0.25, 0.3) is 0 Å². The van der Waals surface area contributed by atoms with Gasteiger partial charge >= 0.3 is 0 Å². The second-order valence-electron chi connectivity index (χ2n) is 11.7. The Bertz CT molecular complexity index is 877. The molecule has 1 N–H and O–H groups in total. The molecule has 0 amide bonds. The number of carbonyl (C=O) groups excluding carboxylic acids is 1. The molecular formula is C25H38N4OS. The summed E-state index contributed by atoms with van der Waals surface area (Å²) in [6, 6.07) is 0. The van der Waals surface area contributed by atoms with E-state index in [0.717, 1.165) is 68.8 Å². The van der Waals surface area contributed by atoms with Gasteiger partial charge in [0, 0.05) is 48.8 Å². The fraction of sp³-hybridized carbons (Fsp3) is 0.840. The van der Waals surface area contributed by atoms with Gasteiger partial charge in [-0.25, -0.2) is 9.99 Å². The summed E-state index contributed by atoms with van der Waals surface area (Å²) in [6.07, 6.45) is 9.41. The molecule has 3 saturated carbocycles. The fourth-order valence-electron chi connectivity index (χ4n) is 8.32. The van der Waals surface area contributed by atoms with Gasteiger partial charge in [-0.2, -0.15) is 0 Å². The quantitative estimate of drug-likeness (QED) is 0.728. The van der Waals surface area contributed by atoms with Crippen molar-refractivity contribution in [2.45, 2.75) is 71.1 Å². The fourth-order valence-corrected chi connectivity index (χ4v) is 9.66. The minimum absolute atomic E-state index is 0.00568. The Kier molecular flexibility index (Phi) is 4.83. The minimum Gasteiger partial charge on any atom is -0.304 e. The van der Waals surface area contributed by atoms with Crippen molar-refractivity contribution < 1.29 is 4.79 Å². The molecule has 1 unspecified atom stereocenters. The highest BCUT2D eigenvalue weighted by Gasteiger charge is 2.60. The number of ketones is 1. The van der Waals surface area contributed by atoms with Crippen LogP contribution >= 0.6 is 11.3 Å². The Morgan fingerprint density at radius 2 is 1.81 bits per heavy atom. The van der Waals surface area contributed by atoms with Gasteiger partial charge in [-0.15, -0.1) is 11.3 Å². The van der Waals surface area contributed by atoms with Crippen LogP contribution in [0.2, 0.25) is 0 Å². The molecule has 170 valence electrons. The number of aromatic nitrogens is 1. The number of likely N-dealkylation sites (N-methyl/N-ethyl adjacent to an activating group) is 1. The molecule has 4 fully saturated rings. The topological polar surface area (TPSA) is 48.5 Å². The summed E-state index contributed by atoms with van der Waals surface area (Å²) in [5, 5.41) is 3.46. The van der Waals surface area contributed by atoms with Gasteiger partial charge in [-0.1, -0.05) is 13.8 Å². The maximum Gasteiger partial charge on any atom is 0.197 e. The van der Waals surface area contributed by atoms with Crippen molar-refractivity contribution in [1.29, 1.82) is 0 Å². The van der Waals surface area contributed by atoms with Crippen LogP contribution in [-0.2, 0) is 11.2 Å². The molecule has 1 aromatic heterocycles. The molecule has 6 rings (SSSR count). The molecule has 31 heavy (non-hydrogen) atoms. The maximum atomic E-state index is 12.7. The molecule has 1 aromatic rings. The summed E-state index contributed by atoms with van der Waals surface area (Å²) < 4.78 is 0. The van der Waals surface area contributed by atoms with Crippen molar-refractivity contribution in [2.24, 2.45) is 28.6 Å². The van der Waals surface area contributed by atoms with Crippen molar-refractivity contribution in [3.63, 3.8) is 0 Å². The number of rotatable bonds is 2. The molecule has 5 nitrogen and oxygen atoms in total. The lowest BCUT2D eigenvalue weighted by molar-refractivity contribution is -0.134. The van der Waals surface area contributed by atoms with E-state index in [1.165, 1.54) is 31.4 Å². The molecule has 5 aliphatic rings. The smallest absolute Gasteiger partial charge is 0.197 e. The van der Waals surface area contributed by atoms with Gasteiger partial charge in [0.2, 0.25) is 0 Å². The molecule has 0 bridgehead atoms. The minimum atomic E-state index is -0.00568. The molecule has 1 aliphatic heterocycles. The Morgan fingerprint density at radius 3 is 2.61 bits per heavy atom. The summed E-state index contributed by atoms with van der Waals surface area (Å²) in [5.41, 5.74) is 5.40. The van der Waals surface area contributed by atoms with Gasteiger partial charge in [0.15, 0.2) is 5.13 Å². The van der Waals surface area contributed by atoms with Crippen LogP contribution in [0.5, 0.6) is 0 Å². The lowest BCUT2D eigenvalue weighted by atomic mass is 9.46. The SMILES string of the molecule is CN1CCN(Nc2nc3c(s2)C2CC[C@@H]4[C@H](CC[C@]5(C)C(=O)CC[C@@H]45)[C@@]2(C)CC3)CC1. The van der Waals surface area contributed by atoms with E-state index in [0.29, 0.717) is 23.0 Å². The number of hydrogen-bond donors (Lipinski definition) is 1. The molecule has 0 aromatic carbocycles. The number of hydrogen-bond acceptors (Lipinski definition) is 6. The molecule has 6 atom stereocenters.